The number of nitrogens with one attached hydrogen (secondary N) is 1. The van der Waals surface area contributed by atoms with E-state index >= 15 is 0 Å². The van der Waals surface area contributed by atoms with Crippen LogP contribution in [-0.4, -0.2) is 6.04 Å². The van der Waals surface area contributed by atoms with Crippen LogP contribution in [0.15, 0.2) is 30.3 Å². The van der Waals surface area contributed by atoms with E-state index in [0.717, 1.165) is 17.9 Å². The summed E-state index contributed by atoms with van der Waals surface area (Å²) in [5.74, 6) is 1.92. The van der Waals surface area contributed by atoms with E-state index in [9.17, 15) is 0 Å². The minimum atomic E-state index is 0.722. The summed E-state index contributed by atoms with van der Waals surface area (Å²) in [6.07, 6.45) is 13.1. The maximum Gasteiger partial charge on any atom is 0.0342 e. The number of para-hydroxylation sites is 1. The Morgan fingerprint density at radius 3 is 2.21 bits per heavy atom. The molecule has 1 N–H and O–H groups in total. The molecule has 0 heterocycles. The van der Waals surface area contributed by atoms with Crippen molar-refractivity contribution in [2.75, 3.05) is 5.32 Å². The number of hydrogen-bond donors (Lipinski definition) is 1. The zero-order valence-corrected chi connectivity index (χ0v) is 12.0. The van der Waals surface area contributed by atoms with E-state index in [-0.39, 0.29) is 0 Å². The van der Waals surface area contributed by atoms with E-state index in [1.54, 1.807) is 0 Å². The lowest BCUT2D eigenvalue weighted by Gasteiger charge is -2.39. The summed E-state index contributed by atoms with van der Waals surface area (Å²) in [5, 5.41) is 3.83. The van der Waals surface area contributed by atoms with Crippen molar-refractivity contribution in [3.63, 3.8) is 0 Å². The highest BCUT2D eigenvalue weighted by atomic mass is 14.9. The average molecular weight is 257 g/mol. The quantitative estimate of drug-likeness (QED) is 0.781. The van der Waals surface area contributed by atoms with Crippen LogP contribution in [-0.2, 0) is 0 Å². The molecular formula is C18H27N. The van der Waals surface area contributed by atoms with Crippen molar-refractivity contribution in [3.8, 4) is 0 Å². The Kier molecular flexibility index (Phi) is 4.42. The summed E-state index contributed by atoms with van der Waals surface area (Å²) >= 11 is 0. The van der Waals surface area contributed by atoms with Crippen molar-refractivity contribution < 1.29 is 0 Å². The van der Waals surface area contributed by atoms with Gasteiger partial charge in [-0.05, 0) is 36.8 Å². The van der Waals surface area contributed by atoms with E-state index in [4.69, 9.17) is 0 Å². The standard InChI is InChI=1S/C18H27N/c1-3-9-15(10-4-1)17-13-7-8-14-18(17)19-16-11-5-2-6-12-16/h2,5-6,11-12,15,17-19H,1,3-4,7-10,13-14H2. The summed E-state index contributed by atoms with van der Waals surface area (Å²) in [6, 6.07) is 11.5. The Balaban J connectivity index is 1.66. The normalized spacial score (nSPS) is 29.1. The lowest BCUT2D eigenvalue weighted by atomic mass is 9.71. The monoisotopic (exact) mass is 257 g/mol. The first-order chi connectivity index (χ1) is 9.43. The fourth-order valence-corrected chi connectivity index (χ4v) is 4.21. The van der Waals surface area contributed by atoms with E-state index < -0.39 is 0 Å². The fraction of sp³-hybridized carbons (Fsp3) is 0.667. The van der Waals surface area contributed by atoms with Crippen molar-refractivity contribution in [2.24, 2.45) is 11.8 Å². The summed E-state index contributed by atoms with van der Waals surface area (Å²) in [7, 11) is 0. The Hall–Kier alpha value is -0.980. The van der Waals surface area contributed by atoms with Crippen LogP contribution in [0.2, 0.25) is 0 Å². The van der Waals surface area contributed by atoms with Crippen LogP contribution < -0.4 is 5.32 Å². The zero-order chi connectivity index (χ0) is 12.9. The molecule has 0 radical (unpaired) electrons. The van der Waals surface area contributed by atoms with Gasteiger partial charge in [-0.2, -0.15) is 0 Å². The molecule has 2 aliphatic rings. The molecule has 2 atom stereocenters. The predicted octanol–water partition coefficient (Wildman–Crippen LogP) is 5.24. The van der Waals surface area contributed by atoms with Gasteiger partial charge in [0.1, 0.15) is 0 Å². The minimum absolute atomic E-state index is 0.722. The van der Waals surface area contributed by atoms with Crippen LogP contribution in [0.5, 0.6) is 0 Å². The number of hydrogen-bond acceptors (Lipinski definition) is 1. The lowest BCUT2D eigenvalue weighted by molar-refractivity contribution is 0.180. The molecule has 0 aliphatic heterocycles. The van der Waals surface area contributed by atoms with Crippen LogP contribution >= 0.6 is 0 Å². The van der Waals surface area contributed by atoms with Gasteiger partial charge in [0.15, 0.2) is 0 Å². The minimum Gasteiger partial charge on any atom is -0.382 e. The maximum atomic E-state index is 3.83. The second-order valence-corrected chi connectivity index (χ2v) is 6.46. The van der Waals surface area contributed by atoms with Gasteiger partial charge in [0, 0.05) is 11.7 Å². The largest absolute Gasteiger partial charge is 0.382 e. The van der Waals surface area contributed by atoms with Crippen molar-refractivity contribution in [2.45, 2.75) is 63.8 Å². The van der Waals surface area contributed by atoms with Crippen LogP contribution in [0.1, 0.15) is 57.8 Å². The molecule has 19 heavy (non-hydrogen) atoms. The third-order valence-corrected chi connectivity index (χ3v) is 5.20. The molecule has 0 spiro atoms. The van der Waals surface area contributed by atoms with Gasteiger partial charge < -0.3 is 5.32 Å². The van der Waals surface area contributed by atoms with Crippen LogP contribution in [0.4, 0.5) is 5.69 Å². The van der Waals surface area contributed by atoms with Gasteiger partial charge in [0.2, 0.25) is 0 Å². The van der Waals surface area contributed by atoms with Crippen molar-refractivity contribution in [3.05, 3.63) is 30.3 Å². The molecule has 104 valence electrons. The van der Waals surface area contributed by atoms with E-state index in [1.807, 2.05) is 0 Å². The predicted molar refractivity (Wildman–Crippen MR) is 82.4 cm³/mol. The first-order valence-corrected chi connectivity index (χ1v) is 8.25. The number of rotatable bonds is 3. The Bertz CT molecular complexity index is 367. The van der Waals surface area contributed by atoms with Crippen LogP contribution in [0, 0.1) is 11.8 Å². The first kappa shape index (κ1) is 13.0. The van der Waals surface area contributed by atoms with Gasteiger partial charge in [-0.3, -0.25) is 0 Å². The average Bonchev–Trinajstić information content (AvgIpc) is 2.50. The maximum absolute atomic E-state index is 3.83. The van der Waals surface area contributed by atoms with Gasteiger partial charge in [-0.25, -0.2) is 0 Å². The van der Waals surface area contributed by atoms with Gasteiger partial charge >= 0.3 is 0 Å². The van der Waals surface area contributed by atoms with Gasteiger partial charge in [0.25, 0.3) is 0 Å². The molecule has 3 rings (SSSR count). The molecular weight excluding hydrogens is 230 g/mol. The highest BCUT2D eigenvalue weighted by Gasteiger charge is 2.32. The van der Waals surface area contributed by atoms with Gasteiger partial charge in [-0.1, -0.05) is 63.1 Å². The Morgan fingerprint density at radius 2 is 1.42 bits per heavy atom. The molecule has 2 fully saturated rings. The molecule has 1 nitrogen and oxygen atoms in total. The van der Waals surface area contributed by atoms with Crippen LogP contribution in [0.3, 0.4) is 0 Å². The fourth-order valence-electron chi connectivity index (χ4n) is 4.21. The highest BCUT2D eigenvalue weighted by molar-refractivity contribution is 5.43. The summed E-state index contributed by atoms with van der Waals surface area (Å²) in [4.78, 5) is 0. The molecule has 1 aromatic carbocycles. The first-order valence-electron chi connectivity index (χ1n) is 8.25. The van der Waals surface area contributed by atoms with Crippen molar-refractivity contribution in [1.29, 1.82) is 0 Å². The molecule has 1 heteroatoms. The third-order valence-electron chi connectivity index (χ3n) is 5.20. The summed E-state index contributed by atoms with van der Waals surface area (Å²) < 4.78 is 0. The summed E-state index contributed by atoms with van der Waals surface area (Å²) in [5.41, 5.74) is 1.32. The van der Waals surface area contributed by atoms with Gasteiger partial charge in [0.05, 0.1) is 0 Å². The molecule has 0 amide bonds. The van der Waals surface area contributed by atoms with Crippen molar-refractivity contribution >= 4 is 5.69 Å². The van der Waals surface area contributed by atoms with Gasteiger partial charge in [-0.15, -0.1) is 0 Å². The molecule has 0 saturated heterocycles. The van der Waals surface area contributed by atoms with Crippen molar-refractivity contribution in [1.82, 2.24) is 0 Å². The Labute approximate surface area is 117 Å². The van der Waals surface area contributed by atoms with E-state index in [0.29, 0.717) is 0 Å². The summed E-state index contributed by atoms with van der Waals surface area (Å²) in [6.45, 7) is 0. The molecule has 2 saturated carbocycles. The van der Waals surface area contributed by atoms with Crippen LogP contribution in [0.25, 0.3) is 0 Å². The van der Waals surface area contributed by atoms with E-state index in [2.05, 4.69) is 35.6 Å². The molecule has 0 aromatic heterocycles. The molecule has 0 bridgehead atoms. The SMILES string of the molecule is c1ccc(NC2CCCCC2C2CCCCC2)cc1. The smallest absolute Gasteiger partial charge is 0.0342 e. The van der Waals surface area contributed by atoms with E-state index in [1.165, 1.54) is 63.5 Å². The third kappa shape index (κ3) is 3.32. The number of anilines is 1. The molecule has 2 aliphatic carbocycles. The second kappa shape index (κ2) is 6.45. The molecule has 1 aromatic rings. The Morgan fingerprint density at radius 1 is 0.737 bits per heavy atom. The molecule has 2 unspecified atom stereocenters. The second-order valence-electron chi connectivity index (χ2n) is 6.46. The number of benzene rings is 1. The topological polar surface area (TPSA) is 12.0 Å². The highest BCUT2D eigenvalue weighted by Crippen LogP contribution is 2.39. The lowest BCUT2D eigenvalue weighted by Crippen LogP contribution is -2.37. The zero-order valence-electron chi connectivity index (χ0n) is 12.0.